The van der Waals surface area contributed by atoms with Gasteiger partial charge in [-0.1, -0.05) is 6.92 Å². The molecule has 11 nitrogen and oxygen atoms in total. The summed E-state index contributed by atoms with van der Waals surface area (Å²) in [5.41, 5.74) is 4.47. The fraction of sp³-hybridized carbons (Fsp3) is 0.552. The van der Waals surface area contributed by atoms with E-state index in [0.717, 1.165) is 37.3 Å². The molecule has 1 saturated heterocycles. The number of rotatable bonds is 3. The number of phenolic OH excluding ortho intramolecular Hbond substituents is 1. The number of nitrogens with two attached hydrogens (primary N) is 1. The molecule has 0 saturated carbocycles. The highest BCUT2D eigenvalue weighted by Gasteiger charge is 2.63. The highest BCUT2D eigenvalue weighted by molar-refractivity contribution is 6.25. The second kappa shape index (κ2) is 8.79. The van der Waals surface area contributed by atoms with E-state index in [4.69, 9.17) is 5.73 Å². The van der Waals surface area contributed by atoms with E-state index in [1.54, 1.807) is 25.1 Å². The number of likely N-dealkylation sites (tertiary alicyclic amines) is 1. The van der Waals surface area contributed by atoms with Crippen LogP contribution in [0.4, 0.5) is 5.69 Å². The number of hydrogen-bond donors (Lipinski definition) is 5. The maximum atomic E-state index is 14.0. The van der Waals surface area contributed by atoms with Gasteiger partial charge in [-0.15, -0.1) is 0 Å². The third-order valence-electron chi connectivity index (χ3n) is 9.97. The van der Waals surface area contributed by atoms with Gasteiger partial charge in [0.05, 0.1) is 11.6 Å². The highest BCUT2D eigenvalue weighted by atomic mass is 16.3. The van der Waals surface area contributed by atoms with Gasteiger partial charge in [0.25, 0.3) is 5.91 Å². The average Bonchev–Trinajstić information content (AvgIpc) is 3.28. The Morgan fingerprint density at radius 2 is 1.93 bits per heavy atom. The molecule has 1 fully saturated rings. The number of nitrogens with zero attached hydrogens (tertiary/aromatic N) is 3. The molecule has 214 valence electrons. The third kappa shape index (κ3) is 3.25. The molecule has 2 unspecified atom stereocenters. The van der Waals surface area contributed by atoms with Crippen molar-refractivity contribution >= 4 is 23.2 Å². The number of benzene rings is 1. The minimum atomic E-state index is -2.64. The predicted octanol–water partition coefficient (Wildman–Crippen LogP) is 0.953. The van der Waals surface area contributed by atoms with Gasteiger partial charge in [0, 0.05) is 36.8 Å². The van der Waals surface area contributed by atoms with E-state index in [2.05, 4.69) is 16.7 Å². The lowest BCUT2D eigenvalue weighted by Crippen LogP contribution is -2.63. The normalized spacial score (nSPS) is 33.5. The van der Waals surface area contributed by atoms with Crippen LogP contribution in [-0.2, 0) is 16.0 Å². The number of phenols is 1. The van der Waals surface area contributed by atoms with E-state index in [1.807, 2.05) is 7.05 Å². The molecule has 1 aromatic rings. The maximum absolute atomic E-state index is 14.0. The summed E-state index contributed by atoms with van der Waals surface area (Å²) in [4.78, 5) is 45.8. The molecular formula is C29H36N4O7. The van der Waals surface area contributed by atoms with Crippen LogP contribution in [0.15, 0.2) is 28.7 Å². The monoisotopic (exact) mass is 552 g/mol. The summed E-state index contributed by atoms with van der Waals surface area (Å²) < 4.78 is 0. The molecule has 2 heterocycles. The van der Waals surface area contributed by atoms with Crippen LogP contribution < -0.4 is 10.6 Å². The standard InChI is InChI=1S/C29H36N4O7/c1-5-33-7-6-12-11-32(4)22-14-8-13-9-16-23(31(2)3)25(36)20(28(30)39)27(38)29(16,40)26(37)18(13)24(35)19(14)17(34)10-15(22)21(12)33/h10,12-13,16,21,23,34,36-37,40H,5-9,11H2,1-4H3,(H2,30,39)/t12?,13-,16-,21?,23+,29+/m1/s1. The Bertz CT molecular complexity index is 1430. The molecule has 6 N–H and O–H groups in total. The first-order chi connectivity index (χ1) is 18.8. The Labute approximate surface area is 232 Å². The van der Waals surface area contributed by atoms with Crippen molar-refractivity contribution in [1.29, 1.82) is 0 Å². The Morgan fingerprint density at radius 1 is 1.23 bits per heavy atom. The highest BCUT2D eigenvalue weighted by Crippen LogP contribution is 2.56. The van der Waals surface area contributed by atoms with Gasteiger partial charge in [-0.25, -0.2) is 0 Å². The number of carbonyl (C=O) groups is 3. The number of likely N-dealkylation sites (N-methyl/N-ethyl adjacent to an activating group) is 1. The fourth-order valence-electron chi connectivity index (χ4n) is 8.38. The molecule has 0 aromatic heterocycles. The first kappa shape index (κ1) is 26.8. The van der Waals surface area contributed by atoms with E-state index in [0.29, 0.717) is 17.9 Å². The van der Waals surface area contributed by atoms with Crippen LogP contribution in [0.3, 0.4) is 0 Å². The van der Waals surface area contributed by atoms with Crippen molar-refractivity contribution in [3.8, 4) is 5.75 Å². The largest absolute Gasteiger partial charge is 0.510 e. The number of primary amides is 1. The van der Waals surface area contributed by atoms with Crippen LogP contribution in [-0.4, -0.2) is 100 Å². The van der Waals surface area contributed by atoms with Gasteiger partial charge >= 0.3 is 0 Å². The molecule has 40 heavy (non-hydrogen) atoms. The van der Waals surface area contributed by atoms with Gasteiger partial charge in [-0.2, -0.15) is 0 Å². The van der Waals surface area contributed by atoms with Crippen molar-refractivity contribution in [3.05, 3.63) is 45.4 Å². The van der Waals surface area contributed by atoms with Crippen molar-refractivity contribution in [1.82, 2.24) is 9.80 Å². The third-order valence-corrected chi connectivity index (χ3v) is 9.97. The summed E-state index contributed by atoms with van der Waals surface area (Å²) in [6.45, 7) is 4.76. The molecule has 2 aliphatic heterocycles. The average molecular weight is 553 g/mol. The molecule has 1 aromatic carbocycles. The first-order valence-electron chi connectivity index (χ1n) is 13.8. The van der Waals surface area contributed by atoms with Crippen molar-refractivity contribution in [2.24, 2.45) is 23.5 Å². The van der Waals surface area contributed by atoms with E-state index in [-0.39, 0.29) is 29.3 Å². The second-order valence-electron chi connectivity index (χ2n) is 12.2. The number of aromatic hydroxyl groups is 1. The molecule has 6 atom stereocenters. The number of aliphatic hydroxyl groups excluding tert-OH is 2. The van der Waals surface area contributed by atoms with E-state index in [1.165, 1.54) is 0 Å². The molecule has 5 aliphatic rings. The van der Waals surface area contributed by atoms with Gasteiger partial charge in [0.15, 0.2) is 11.4 Å². The number of fused-ring (bicyclic) bond motifs is 7. The van der Waals surface area contributed by atoms with Gasteiger partial charge in [-0.05, 0) is 75.5 Å². The summed E-state index contributed by atoms with van der Waals surface area (Å²) in [5.74, 6) is -5.96. The number of amides is 1. The summed E-state index contributed by atoms with van der Waals surface area (Å²) in [7, 11) is 5.23. The molecule has 6 rings (SSSR count). The zero-order chi connectivity index (χ0) is 29.0. The summed E-state index contributed by atoms with van der Waals surface area (Å²) in [5, 5.41) is 45.5. The van der Waals surface area contributed by atoms with Gasteiger partial charge in [-0.3, -0.25) is 24.2 Å². The molecule has 0 spiro atoms. The van der Waals surface area contributed by atoms with Gasteiger partial charge in [0.2, 0.25) is 5.78 Å². The van der Waals surface area contributed by atoms with Crippen LogP contribution in [0, 0.1) is 17.8 Å². The van der Waals surface area contributed by atoms with Crippen LogP contribution >= 0.6 is 0 Å². The van der Waals surface area contributed by atoms with Crippen molar-refractivity contribution in [3.63, 3.8) is 0 Å². The molecular weight excluding hydrogens is 516 g/mol. The SMILES string of the molecule is CCN1CCC2CN(C)c3c(cc(O)c4c3C[C@@H]3C[C@@H]5[C@H](N(C)C)C(O)=C(C(N)=O)C(=O)[C@@]5(O)C(O)=C3C4=O)C21. The lowest BCUT2D eigenvalue weighted by Gasteiger charge is -2.50. The minimum Gasteiger partial charge on any atom is -0.510 e. The maximum Gasteiger partial charge on any atom is 0.255 e. The topological polar surface area (TPSA) is 168 Å². The minimum absolute atomic E-state index is 0.0610. The number of carbonyl (C=O) groups excluding carboxylic acids is 3. The lowest BCUT2D eigenvalue weighted by atomic mass is 9.58. The zero-order valence-electron chi connectivity index (χ0n) is 23.1. The van der Waals surface area contributed by atoms with Crippen LogP contribution in [0.1, 0.15) is 47.3 Å². The van der Waals surface area contributed by atoms with Crippen molar-refractivity contribution < 1.29 is 34.8 Å². The Hall–Kier alpha value is -3.41. The Kier molecular flexibility index (Phi) is 5.89. The number of allylic oxidation sites excluding steroid dienone is 1. The van der Waals surface area contributed by atoms with Crippen molar-refractivity contribution in [2.75, 3.05) is 45.7 Å². The quantitative estimate of drug-likeness (QED) is 0.341. The van der Waals surface area contributed by atoms with Crippen LogP contribution in [0.25, 0.3) is 0 Å². The Morgan fingerprint density at radius 3 is 2.55 bits per heavy atom. The van der Waals surface area contributed by atoms with Crippen molar-refractivity contribution in [2.45, 2.75) is 43.9 Å². The summed E-state index contributed by atoms with van der Waals surface area (Å²) in [6, 6.07) is 0.780. The van der Waals surface area contributed by atoms with Crippen LogP contribution in [0.5, 0.6) is 5.75 Å². The number of hydrogen-bond acceptors (Lipinski definition) is 10. The fourth-order valence-corrected chi connectivity index (χ4v) is 8.38. The number of ketones is 2. The van der Waals surface area contributed by atoms with E-state index < -0.39 is 58.0 Å². The Balaban J connectivity index is 1.54. The first-order valence-corrected chi connectivity index (χ1v) is 13.8. The summed E-state index contributed by atoms with van der Waals surface area (Å²) >= 11 is 0. The molecule has 0 bridgehead atoms. The smallest absolute Gasteiger partial charge is 0.255 e. The number of Topliss-reactive ketones (excluding diaryl/α,β-unsaturated/α-hetero) is 2. The van der Waals surface area contributed by atoms with E-state index in [9.17, 15) is 34.8 Å². The van der Waals surface area contributed by atoms with Crippen LogP contribution in [0.2, 0.25) is 0 Å². The lowest BCUT2D eigenvalue weighted by molar-refractivity contribution is -0.148. The van der Waals surface area contributed by atoms with E-state index >= 15 is 0 Å². The van der Waals surface area contributed by atoms with Gasteiger partial charge in [0.1, 0.15) is 22.8 Å². The molecule has 1 amide bonds. The second-order valence-corrected chi connectivity index (χ2v) is 12.2. The molecule has 11 heteroatoms. The van der Waals surface area contributed by atoms with Gasteiger partial charge < -0.3 is 31.1 Å². The predicted molar refractivity (Wildman–Crippen MR) is 145 cm³/mol. The zero-order valence-corrected chi connectivity index (χ0v) is 23.1. The number of aliphatic hydroxyl groups is 3. The number of anilines is 1. The molecule has 3 aliphatic carbocycles. The molecule has 0 radical (unpaired) electrons. The summed E-state index contributed by atoms with van der Waals surface area (Å²) in [6.07, 6.45) is 1.42.